The van der Waals surface area contributed by atoms with Crippen LogP contribution in [0.25, 0.3) is 0 Å². The summed E-state index contributed by atoms with van der Waals surface area (Å²) in [5.74, 6) is 0.462. The third-order valence-corrected chi connectivity index (χ3v) is 6.25. The molecule has 0 fully saturated rings. The molecular weight excluding hydrogens is 432 g/mol. The summed E-state index contributed by atoms with van der Waals surface area (Å²) in [6, 6.07) is 17.5. The van der Waals surface area contributed by atoms with Crippen LogP contribution in [0.3, 0.4) is 0 Å². The van der Waals surface area contributed by atoms with Crippen molar-refractivity contribution in [2.75, 3.05) is 14.2 Å². The highest BCUT2D eigenvalue weighted by atomic mass is 16.5. The summed E-state index contributed by atoms with van der Waals surface area (Å²) < 4.78 is 23.5. The number of methoxy groups -OCH3 is 2. The zero-order valence-corrected chi connectivity index (χ0v) is 21.3. The Hall–Kier alpha value is -2.25. The summed E-state index contributed by atoms with van der Waals surface area (Å²) in [5.41, 5.74) is 2.01. The maximum Gasteiger partial charge on any atom is 0.135 e. The van der Waals surface area contributed by atoms with Gasteiger partial charge in [-0.05, 0) is 36.1 Å². The van der Waals surface area contributed by atoms with Crippen LogP contribution in [-0.4, -0.2) is 49.5 Å². The predicted octanol–water partition coefficient (Wildman–Crippen LogP) is 4.81. The molecule has 6 nitrogen and oxygen atoms in total. The van der Waals surface area contributed by atoms with E-state index in [-0.39, 0.29) is 17.6 Å². The Labute approximate surface area is 204 Å². The summed E-state index contributed by atoms with van der Waals surface area (Å²) >= 11 is 0. The molecule has 0 aromatic heterocycles. The first-order valence-corrected chi connectivity index (χ1v) is 11.9. The Balaban J connectivity index is 2.22. The van der Waals surface area contributed by atoms with Crippen molar-refractivity contribution in [3.63, 3.8) is 0 Å². The van der Waals surface area contributed by atoms with Crippen LogP contribution in [0.5, 0.6) is 5.75 Å². The van der Waals surface area contributed by atoms with E-state index < -0.39 is 24.4 Å². The standard InChI is InChI=1S/C28H40O6/c1-19(2)27(30)28(32-6)26(34-17-22-10-8-7-9-11-22)16-25(20(3)21(4)29)33-18-23-12-14-24(31-5)15-13-23/h7-15,19-20,25-28,30H,16-18H2,1-6H3/t20-,25-,26+,27+,28-/m0/s1. The van der Waals surface area contributed by atoms with Crippen LogP contribution >= 0.6 is 0 Å². The fourth-order valence-electron chi connectivity index (χ4n) is 3.80. The largest absolute Gasteiger partial charge is 0.497 e. The van der Waals surface area contributed by atoms with Gasteiger partial charge in [0, 0.05) is 19.4 Å². The number of Topliss-reactive ketones (excluding diaryl/α,β-unsaturated/α-hetero) is 1. The Morgan fingerprint density at radius 3 is 1.91 bits per heavy atom. The van der Waals surface area contributed by atoms with E-state index in [2.05, 4.69) is 0 Å². The number of hydrogen-bond acceptors (Lipinski definition) is 6. The molecule has 2 rings (SSSR count). The van der Waals surface area contributed by atoms with Gasteiger partial charge in [-0.25, -0.2) is 0 Å². The van der Waals surface area contributed by atoms with Crippen molar-refractivity contribution in [1.29, 1.82) is 0 Å². The third-order valence-electron chi connectivity index (χ3n) is 6.25. The van der Waals surface area contributed by atoms with E-state index in [9.17, 15) is 9.90 Å². The molecule has 0 saturated heterocycles. The zero-order chi connectivity index (χ0) is 25.1. The lowest BCUT2D eigenvalue weighted by molar-refractivity contribution is -0.147. The molecule has 2 aromatic rings. The van der Waals surface area contributed by atoms with Gasteiger partial charge in [0.25, 0.3) is 0 Å². The number of carbonyl (C=O) groups excluding carboxylic acids is 1. The Morgan fingerprint density at radius 1 is 0.853 bits per heavy atom. The molecule has 0 radical (unpaired) electrons. The van der Waals surface area contributed by atoms with Gasteiger partial charge >= 0.3 is 0 Å². The molecule has 0 saturated carbocycles. The average molecular weight is 473 g/mol. The first-order chi connectivity index (χ1) is 16.3. The minimum absolute atomic E-state index is 0.0170. The van der Waals surface area contributed by atoms with Gasteiger partial charge < -0.3 is 24.1 Å². The minimum Gasteiger partial charge on any atom is -0.497 e. The average Bonchev–Trinajstić information content (AvgIpc) is 2.85. The summed E-state index contributed by atoms with van der Waals surface area (Å²) in [6.45, 7) is 8.06. The molecule has 0 amide bonds. The molecular formula is C28H40O6. The van der Waals surface area contributed by atoms with Crippen LogP contribution in [0.4, 0.5) is 0 Å². The van der Waals surface area contributed by atoms with Crippen LogP contribution in [0.15, 0.2) is 54.6 Å². The van der Waals surface area contributed by atoms with Gasteiger partial charge in [0.05, 0.1) is 38.6 Å². The molecule has 0 heterocycles. The molecule has 0 aliphatic heterocycles. The molecule has 0 aliphatic rings. The van der Waals surface area contributed by atoms with Gasteiger partial charge in [-0.2, -0.15) is 0 Å². The topological polar surface area (TPSA) is 74.2 Å². The second-order valence-corrected chi connectivity index (χ2v) is 9.10. The van der Waals surface area contributed by atoms with E-state index in [0.717, 1.165) is 16.9 Å². The molecule has 1 N–H and O–H groups in total. The lowest BCUT2D eigenvalue weighted by Crippen LogP contribution is -2.46. The van der Waals surface area contributed by atoms with E-state index in [0.29, 0.717) is 19.6 Å². The number of carbonyl (C=O) groups is 1. The molecule has 6 heteroatoms. The molecule has 0 aliphatic carbocycles. The second kappa shape index (κ2) is 14.2. The van der Waals surface area contributed by atoms with Crippen LogP contribution in [0, 0.1) is 11.8 Å². The van der Waals surface area contributed by atoms with Gasteiger partial charge in [-0.15, -0.1) is 0 Å². The highest BCUT2D eigenvalue weighted by molar-refractivity contribution is 5.78. The van der Waals surface area contributed by atoms with E-state index in [1.807, 2.05) is 75.4 Å². The Morgan fingerprint density at radius 2 is 1.41 bits per heavy atom. The van der Waals surface area contributed by atoms with Crippen LogP contribution in [0.1, 0.15) is 45.2 Å². The van der Waals surface area contributed by atoms with Crippen molar-refractivity contribution in [1.82, 2.24) is 0 Å². The number of aliphatic hydroxyl groups excluding tert-OH is 1. The van der Waals surface area contributed by atoms with E-state index >= 15 is 0 Å². The minimum atomic E-state index is -0.722. The lowest BCUT2D eigenvalue weighted by Gasteiger charge is -2.35. The summed E-state index contributed by atoms with van der Waals surface area (Å²) in [5, 5.41) is 10.8. The maximum atomic E-state index is 12.3. The SMILES string of the molecule is COc1ccc(CO[C@@H](C[C@@H](OCc2ccccc2)[C@H](OC)[C@H](O)C(C)C)[C@@H](C)C(C)=O)cc1. The van der Waals surface area contributed by atoms with Gasteiger partial charge in [0.1, 0.15) is 17.6 Å². The van der Waals surface area contributed by atoms with Crippen molar-refractivity contribution < 1.29 is 28.8 Å². The molecule has 0 bridgehead atoms. The van der Waals surface area contributed by atoms with Gasteiger partial charge in [0.15, 0.2) is 0 Å². The predicted molar refractivity (Wildman–Crippen MR) is 133 cm³/mol. The molecule has 188 valence electrons. The van der Waals surface area contributed by atoms with Crippen LogP contribution in [-0.2, 0) is 32.2 Å². The number of aliphatic hydroxyl groups is 1. The fraction of sp³-hybridized carbons (Fsp3) is 0.536. The van der Waals surface area contributed by atoms with Crippen LogP contribution in [0.2, 0.25) is 0 Å². The summed E-state index contributed by atoms with van der Waals surface area (Å²) in [6.07, 6.45) is -1.75. The van der Waals surface area contributed by atoms with Gasteiger partial charge in [-0.1, -0.05) is 63.2 Å². The number of rotatable bonds is 15. The van der Waals surface area contributed by atoms with Crippen molar-refractivity contribution in [2.45, 2.75) is 71.7 Å². The van der Waals surface area contributed by atoms with E-state index in [4.69, 9.17) is 18.9 Å². The fourth-order valence-corrected chi connectivity index (χ4v) is 3.80. The maximum absolute atomic E-state index is 12.3. The lowest BCUT2D eigenvalue weighted by atomic mass is 9.90. The summed E-state index contributed by atoms with van der Waals surface area (Å²) in [7, 11) is 3.21. The Kier molecular flexibility index (Phi) is 11.7. The smallest absolute Gasteiger partial charge is 0.135 e. The highest BCUT2D eigenvalue weighted by Crippen LogP contribution is 2.25. The van der Waals surface area contributed by atoms with Crippen molar-refractivity contribution >= 4 is 5.78 Å². The number of ether oxygens (including phenoxy) is 4. The summed E-state index contributed by atoms with van der Waals surface area (Å²) in [4.78, 5) is 12.3. The van der Waals surface area contributed by atoms with Gasteiger partial charge in [-0.3, -0.25) is 4.79 Å². The molecule has 2 aromatic carbocycles. The Bertz CT molecular complexity index is 836. The molecule has 34 heavy (non-hydrogen) atoms. The molecule has 0 spiro atoms. The number of benzene rings is 2. The van der Waals surface area contributed by atoms with E-state index in [1.165, 1.54) is 0 Å². The number of ketones is 1. The zero-order valence-electron chi connectivity index (χ0n) is 21.3. The highest BCUT2D eigenvalue weighted by Gasteiger charge is 2.35. The first-order valence-electron chi connectivity index (χ1n) is 11.9. The monoisotopic (exact) mass is 472 g/mol. The van der Waals surface area contributed by atoms with Crippen molar-refractivity contribution in [3.05, 3.63) is 65.7 Å². The molecule has 5 atom stereocenters. The van der Waals surface area contributed by atoms with Gasteiger partial charge in [0.2, 0.25) is 0 Å². The quantitative estimate of drug-likeness (QED) is 0.401. The normalized spacial score (nSPS) is 16.0. The number of hydrogen-bond donors (Lipinski definition) is 1. The third kappa shape index (κ3) is 8.51. The van der Waals surface area contributed by atoms with E-state index in [1.54, 1.807) is 21.1 Å². The second-order valence-electron chi connectivity index (χ2n) is 9.10. The molecule has 0 unspecified atom stereocenters. The van der Waals surface area contributed by atoms with Crippen LogP contribution < -0.4 is 4.74 Å². The van der Waals surface area contributed by atoms with Crippen molar-refractivity contribution in [2.24, 2.45) is 11.8 Å². The first kappa shape index (κ1) is 28.0. The van der Waals surface area contributed by atoms with Crippen molar-refractivity contribution in [3.8, 4) is 5.75 Å².